The van der Waals surface area contributed by atoms with Gasteiger partial charge >= 0.3 is 46.3 Å². The van der Waals surface area contributed by atoms with Gasteiger partial charge < -0.3 is 64.9 Å². The first-order chi connectivity index (χ1) is 45.0. The van der Waals surface area contributed by atoms with Gasteiger partial charge in [0.05, 0.1) is 91.7 Å². The van der Waals surface area contributed by atoms with E-state index in [9.17, 15) is 14.0 Å². The van der Waals surface area contributed by atoms with E-state index in [0.29, 0.717) is 6.42 Å². The molecule has 0 unspecified atom stereocenters. The molecule has 0 atom stereocenters. The molecule has 0 aromatic carbocycles. The molecule has 0 aliphatic carbocycles. The number of ketones is 2. The first-order valence-electron chi connectivity index (χ1n) is 32.5. The summed E-state index contributed by atoms with van der Waals surface area (Å²) in [5, 5.41) is 29.6. The van der Waals surface area contributed by atoms with Gasteiger partial charge in [0, 0.05) is 54.8 Å². The van der Waals surface area contributed by atoms with Crippen molar-refractivity contribution in [1.82, 2.24) is 30.9 Å². The second-order valence-corrected chi connectivity index (χ2v) is 26.8. The molecule has 9 rings (SSSR count). The Balaban J connectivity index is 0. The molecule has 3 aliphatic heterocycles. The van der Waals surface area contributed by atoms with E-state index in [4.69, 9.17) is 66.3 Å². The molecule has 32 heteroatoms. The molecule has 6 aromatic rings. The van der Waals surface area contributed by atoms with E-state index in [0.717, 1.165) is 127 Å². The fourth-order valence-electron chi connectivity index (χ4n) is 7.77. The summed E-state index contributed by atoms with van der Waals surface area (Å²) in [6.45, 7) is 55.2. The van der Waals surface area contributed by atoms with Crippen LogP contribution in [0.1, 0.15) is 235 Å². The Kier molecular flexibility index (Phi) is 42.6. The predicted molar refractivity (Wildman–Crippen MR) is 384 cm³/mol. The maximum absolute atomic E-state index is 10.4. The van der Waals surface area contributed by atoms with Crippen LogP contribution in [0.4, 0.5) is 4.39 Å². The summed E-state index contributed by atoms with van der Waals surface area (Å²) in [5.74, 6) is 8.74. The molecule has 24 nitrogen and oxygen atoms in total. The number of nitrogens with two attached hydrogens (primary N) is 1. The average Bonchev–Trinajstić information content (AvgIpc) is 1.63. The monoisotopic (exact) mass is 1500 g/mol. The Labute approximate surface area is 596 Å². The molecular weight excluding hydrogens is 1390 g/mol. The van der Waals surface area contributed by atoms with E-state index in [1.807, 2.05) is 185 Å². The van der Waals surface area contributed by atoms with Crippen LogP contribution in [0.2, 0.25) is 0 Å². The Morgan fingerprint density at radius 3 is 1.31 bits per heavy atom. The van der Waals surface area contributed by atoms with Crippen molar-refractivity contribution in [3.05, 3.63) is 89.8 Å². The number of Topliss-reactive ketones (excluding diaryl/α,β-unsaturated/α-hetero) is 2. The molecule has 0 bridgehead atoms. The normalized spacial score (nSPS) is 15.9. The Bertz CT molecular complexity index is 2980. The van der Waals surface area contributed by atoms with Crippen LogP contribution in [0.3, 0.4) is 0 Å². The summed E-state index contributed by atoms with van der Waals surface area (Å²) in [4.78, 5) is 20.6. The van der Waals surface area contributed by atoms with Gasteiger partial charge in [-0.05, 0) is 197 Å². The Hall–Kier alpha value is -4.46. The maximum atomic E-state index is 10.4. The third kappa shape index (κ3) is 30.2. The van der Waals surface area contributed by atoms with Gasteiger partial charge in [-0.15, -0.1) is 0 Å². The van der Waals surface area contributed by atoms with E-state index in [1.54, 1.807) is 6.92 Å². The fraction of sp³-hybridized carbons (Fsp3) is 0.688. The number of carbonyl (C=O) groups is 2. The Morgan fingerprint density at radius 2 is 1.03 bits per heavy atom. The second kappa shape index (κ2) is 44.6. The van der Waals surface area contributed by atoms with Crippen LogP contribution in [0, 0.1) is 41.5 Å². The minimum atomic E-state index is -1.00. The van der Waals surface area contributed by atoms with Crippen molar-refractivity contribution in [2.45, 2.75) is 285 Å². The number of carbonyl (C=O) groups excluding carboxylic acids is 2. The van der Waals surface area contributed by atoms with Gasteiger partial charge in [-0.1, -0.05) is 79.4 Å². The van der Waals surface area contributed by atoms with Crippen LogP contribution in [0.5, 0.6) is 0 Å². The summed E-state index contributed by atoms with van der Waals surface area (Å²) in [7, 11) is 2.07. The van der Waals surface area contributed by atoms with Crippen molar-refractivity contribution in [3.63, 3.8) is 0 Å². The zero-order chi connectivity index (χ0) is 75.6. The van der Waals surface area contributed by atoms with Gasteiger partial charge in [0.25, 0.3) is 0 Å². The third-order valence-electron chi connectivity index (χ3n) is 15.5. The van der Waals surface area contributed by atoms with Crippen LogP contribution in [-0.4, -0.2) is 124 Å². The SMILES string of the molecule is CC(C)OB1OC(C)(C)C(C)(C)O1.CCC(=O)CC(C)=O.CCc1cc(C)no1.CCc1cc(C)on1.CCc1noc(C)c1B1OC(C)(C)C(C)(C)O1.CCc1noc(C)c1Br.CCc1onc(C)c1B1OC(C)(C)C(C)(C)O1.CCc1onc(C)c1Br.NO.[2H]CF.[B]=NS. The number of aromatic nitrogens is 6. The van der Waals surface area contributed by atoms with E-state index < -0.39 is 14.5 Å². The number of thiol groups is 1. The number of nitrogens with zero attached hydrogens (tertiary/aromatic N) is 7. The fourth-order valence-corrected chi connectivity index (χ4v) is 8.62. The molecule has 0 saturated carbocycles. The molecule has 6 aromatic heterocycles. The van der Waals surface area contributed by atoms with Crippen molar-refractivity contribution in [1.29, 1.82) is 0 Å². The van der Waals surface area contributed by atoms with Crippen LogP contribution in [-0.2, 0) is 80.7 Å². The quantitative estimate of drug-likeness (QED) is 0.0419. The van der Waals surface area contributed by atoms with Crippen LogP contribution < -0.4 is 16.8 Å². The van der Waals surface area contributed by atoms with E-state index >= 15 is 0 Å². The molecule has 3 N–H and O–H groups in total. The van der Waals surface area contributed by atoms with Crippen molar-refractivity contribution in [3.8, 4) is 0 Å². The summed E-state index contributed by atoms with van der Waals surface area (Å²) in [6.07, 6.45) is 6.00. The van der Waals surface area contributed by atoms with Gasteiger partial charge in [0.15, 0.2) is 5.76 Å². The van der Waals surface area contributed by atoms with Gasteiger partial charge in [-0.2, -0.15) is 0 Å². The van der Waals surface area contributed by atoms with Crippen molar-refractivity contribution < 1.29 is 80.3 Å². The summed E-state index contributed by atoms with van der Waals surface area (Å²) in [6, 6.07) is 3.89. The van der Waals surface area contributed by atoms with Crippen molar-refractivity contribution >= 4 is 96.4 Å². The summed E-state index contributed by atoms with van der Waals surface area (Å²) in [5.41, 5.74) is 5.67. The third-order valence-corrected chi connectivity index (χ3v) is 17.5. The number of alkyl halides is 1. The molecule has 0 amide bonds. The standard InChI is InChI=1S/2C12H20BNO3.C9H19BO3.2C6H8BrNO.2C6H9NO.C6H10O2.CH3F.BHNS.H3NO/c1-7-9-10(8(2)15-14-9)13-16-11(3,4)12(5,6)17-13;1-7-9-10(8(2)14-15-9)13-16-11(3,4)12(5,6)17-13;1-7(2)11-10-12-8(3,4)9(5,6)13-10;1-3-5-6(7)4(2)9-8-5;1-3-5-6(7)4(2)8-9-5;1-3-6-4-5(2)8-7-6;1-3-6-4-5(2)7-8-6;1-3-6(8)4-5(2)7;1-2;1-2-3;1-2/h2*7H2,1-6H3;7H,1-6H3;2*3H2,1-2H3;2*4H,3H2,1-2H3;3-4H2,1-2H3;1H3;3H;2H,1H2/i;;;;;;;;1D;;. The van der Waals surface area contributed by atoms with Gasteiger partial charge in [-0.25, -0.2) is 5.90 Å². The molecule has 96 heavy (non-hydrogen) atoms. The molecule has 9 heterocycles. The second-order valence-electron chi connectivity index (χ2n) is 25.0. The van der Waals surface area contributed by atoms with E-state index in [1.165, 1.54) is 6.92 Å². The number of rotatable bonds is 13. The average molecular weight is 1500 g/mol. The van der Waals surface area contributed by atoms with Crippen LogP contribution in [0.25, 0.3) is 0 Å². The zero-order valence-electron chi connectivity index (χ0n) is 63.3. The first kappa shape index (κ1) is 91.5. The summed E-state index contributed by atoms with van der Waals surface area (Å²) < 4.78 is 91.0. The molecule has 3 saturated heterocycles. The minimum absolute atomic E-state index is 0.0255. The zero-order valence-corrected chi connectivity index (χ0v) is 66.3. The van der Waals surface area contributed by atoms with Crippen LogP contribution in [0.15, 0.2) is 52.5 Å². The van der Waals surface area contributed by atoms with Gasteiger partial charge in [-0.3, -0.25) is 14.0 Å². The van der Waals surface area contributed by atoms with Crippen molar-refractivity contribution in [2.24, 2.45) is 10.2 Å². The van der Waals surface area contributed by atoms with Crippen molar-refractivity contribution in [2.75, 3.05) is 7.15 Å². The number of aryl methyl sites for hydroxylation is 12. The Morgan fingerprint density at radius 1 is 0.604 bits per heavy atom. The molecular formula is C64H110B4Br2FN8O16S. The molecule has 1 radical (unpaired) electrons. The molecule has 0 spiro atoms. The number of hydrogen-bond acceptors (Lipinski definition) is 25. The van der Waals surface area contributed by atoms with Gasteiger partial charge in [0.2, 0.25) is 0 Å². The molecule has 3 aliphatic rings. The topological polar surface area (TPSA) is 314 Å². The van der Waals surface area contributed by atoms with Gasteiger partial charge in [0.1, 0.15) is 40.4 Å². The molecule has 541 valence electrons. The van der Waals surface area contributed by atoms with E-state index in [-0.39, 0.29) is 71.9 Å². The first-order valence-corrected chi connectivity index (χ1v) is 33.8. The van der Waals surface area contributed by atoms with Crippen LogP contribution >= 0.6 is 44.7 Å². The molecule has 3 fully saturated rings. The number of hydrogen-bond donors (Lipinski definition) is 3. The van der Waals surface area contributed by atoms with E-state index in [2.05, 4.69) is 100 Å². The summed E-state index contributed by atoms with van der Waals surface area (Å²) >= 11 is 9.90. The predicted octanol–water partition coefficient (Wildman–Crippen LogP) is 14.4. The number of halogens is 3.